The lowest BCUT2D eigenvalue weighted by atomic mass is 10.1. The number of aryl methyl sites for hydroxylation is 1. The van der Waals surface area contributed by atoms with Crippen LogP contribution in [0.5, 0.6) is 11.5 Å². The summed E-state index contributed by atoms with van der Waals surface area (Å²) in [6.45, 7) is 6.82. The number of methoxy groups -OCH3 is 1. The van der Waals surface area contributed by atoms with E-state index in [9.17, 15) is 13.2 Å². The van der Waals surface area contributed by atoms with Crippen molar-refractivity contribution in [3.63, 3.8) is 0 Å². The van der Waals surface area contributed by atoms with Gasteiger partial charge in [-0.15, -0.1) is 0 Å². The molecule has 2 aromatic heterocycles. The monoisotopic (exact) mass is 500 g/mol. The second-order valence-corrected chi connectivity index (χ2v) is 9.22. The topological polar surface area (TPSA) is 78.4 Å². The SMILES string of the molecule is COc1cc2nc(C)nc(NC3C(c4cc(C(F)(F)F)ccn4)[C@H]3C)c2cc1OC(C)C1=CCOC1. The van der Waals surface area contributed by atoms with E-state index in [1.807, 2.05) is 26.0 Å². The number of anilines is 1. The van der Waals surface area contributed by atoms with Crippen LogP contribution < -0.4 is 14.8 Å². The van der Waals surface area contributed by atoms with Crippen LogP contribution in [-0.2, 0) is 10.9 Å². The van der Waals surface area contributed by atoms with Crippen LogP contribution in [-0.4, -0.2) is 47.4 Å². The van der Waals surface area contributed by atoms with E-state index in [-0.39, 0.29) is 24.0 Å². The zero-order valence-electron chi connectivity index (χ0n) is 20.4. The summed E-state index contributed by atoms with van der Waals surface area (Å²) < 4.78 is 56.8. The van der Waals surface area contributed by atoms with Gasteiger partial charge < -0.3 is 19.5 Å². The molecular formula is C26H27F3N4O3. The Hall–Kier alpha value is -3.40. The summed E-state index contributed by atoms with van der Waals surface area (Å²) in [5, 5.41) is 4.16. The van der Waals surface area contributed by atoms with Gasteiger partial charge in [-0.2, -0.15) is 13.2 Å². The third-order valence-electron chi connectivity index (χ3n) is 6.78. The van der Waals surface area contributed by atoms with Crippen molar-refractivity contribution in [3.05, 3.63) is 59.2 Å². The van der Waals surface area contributed by atoms with Crippen molar-refractivity contribution in [2.45, 2.75) is 45.0 Å². The number of hydrogen-bond donors (Lipinski definition) is 1. The summed E-state index contributed by atoms with van der Waals surface area (Å²) in [6, 6.07) is 5.65. The maximum absolute atomic E-state index is 13.2. The molecule has 5 rings (SSSR count). The average molecular weight is 501 g/mol. The molecule has 0 amide bonds. The van der Waals surface area contributed by atoms with Gasteiger partial charge in [-0.1, -0.05) is 13.0 Å². The number of benzene rings is 1. The Morgan fingerprint density at radius 1 is 1.17 bits per heavy atom. The first-order chi connectivity index (χ1) is 17.2. The Morgan fingerprint density at radius 3 is 2.67 bits per heavy atom. The Morgan fingerprint density at radius 2 is 1.97 bits per heavy atom. The van der Waals surface area contributed by atoms with Crippen LogP contribution in [0.3, 0.4) is 0 Å². The molecule has 1 saturated carbocycles. The quantitative estimate of drug-likeness (QED) is 0.441. The first kappa shape index (κ1) is 24.3. The number of hydrogen-bond acceptors (Lipinski definition) is 7. The minimum atomic E-state index is -4.41. The molecule has 3 aromatic rings. The normalized spacial score (nSPS) is 22.3. The summed E-state index contributed by atoms with van der Waals surface area (Å²) in [5.74, 6) is 2.15. The zero-order chi connectivity index (χ0) is 25.6. The highest BCUT2D eigenvalue weighted by Gasteiger charge is 2.49. The maximum Gasteiger partial charge on any atom is 0.416 e. The minimum Gasteiger partial charge on any atom is -0.493 e. The fourth-order valence-electron chi connectivity index (χ4n) is 4.67. The standard InChI is InChI=1S/C26H27F3N4O3/c1-13-23(20-9-17(5-7-30-20)26(27,28)29)24(13)33-25-18-10-22(36-14(2)16-6-8-35-12-16)21(34-4)11-19(18)31-15(3)32-25/h5-7,9-11,13-14,23-24H,8,12H2,1-4H3,(H,31,32,33)/t13-,14?,23?,24?/m1/s1. The first-order valence-electron chi connectivity index (χ1n) is 11.7. The van der Waals surface area contributed by atoms with Gasteiger partial charge in [0.05, 0.1) is 31.4 Å². The van der Waals surface area contributed by atoms with Gasteiger partial charge in [0.2, 0.25) is 0 Å². The maximum atomic E-state index is 13.2. The van der Waals surface area contributed by atoms with Crippen LogP contribution in [0.1, 0.15) is 36.8 Å². The van der Waals surface area contributed by atoms with Crippen LogP contribution in [0.4, 0.5) is 19.0 Å². The lowest BCUT2D eigenvalue weighted by Crippen LogP contribution is -2.16. The molecule has 0 spiro atoms. The number of halogens is 3. The molecule has 1 aliphatic carbocycles. The number of ether oxygens (including phenoxy) is 3. The zero-order valence-corrected chi connectivity index (χ0v) is 20.4. The number of rotatable bonds is 7. The molecule has 10 heteroatoms. The van der Waals surface area contributed by atoms with E-state index in [0.717, 1.165) is 23.1 Å². The molecule has 190 valence electrons. The fourth-order valence-corrected chi connectivity index (χ4v) is 4.67. The molecule has 2 aliphatic rings. The second-order valence-electron chi connectivity index (χ2n) is 9.22. The molecule has 4 atom stereocenters. The van der Waals surface area contributed by atoms with Crippen molar-refractivity contribution < 1.29 is 27.4 Å². The molecule has 36 heavy (non-hydrogen) atoms. The van der Waals surface area contributed by atoms with E-state index < -0.39 is 11.7 Å². The lowest BCUT2D eigenvalue weighted by Gasteiger charge is -2.19. The average Bonchev–Trinajstić information content (AvgIpc) is 3.21. The number of nitrogens with one attached hydrogen (secondary N) is 1. The molecular weight excluding hydrogens is 473 g/mol. The number of alkyl halides is 3. The Kier molecular flexibility index (Phi) is 6.23. The number of nitrogens with zero attached hydrogens (tertiary/aromatic N) is 3. The minimum absolute atomic E-state index is 0.0783. The predicted molar refractivity (Wildman–Crippen MR) is 128 cm³/mol. The number of aromatic nitrogens is 3. The van der Waals surface area contributed by atoms with Crippen molar-refractivity contribution in [2.24, 2.45) is 5.92 Å². The van der Waals surface area contributed by atoms with Gasteiger partial charge in [0.15, 0.2) is 11.5 Å². The third-order valence-corrected chi connectivity index (χ3v) is 6.78. The van der Waals surface area contributed by atoms with Crippen molar-refractivity contribution in [1.29, 1.82) is 0 Å². The van der Waals surface area contributed by atoms with Crippen LogP contribution in [0, 0.1) is 12.8 Å². The molecule has 7 nitrogen and oxygen atoms in total. The Bertz CT molecular complexity index is 1330. The van der Waals surface area contributed by atoms with Gasteiger partial charge in [0.25, 0.3) is 0 Å². The summed E-state index contributed by atoms with van der Waals surface area (Å²) in [7, 11) is 1.57. The highest BCUT2D eigenvalue weighted by molar-refractivity contribution is 5.92. The summed E-state index contributed by atoms with van der Waals surface area (Å²) in [6.07, 6.45) is -1.40. The van der Waals surface area contributed by atoms with Crippen LogP contribution in [0.25, 0.3) is 10.9 Å². The van der Waals surface area contributed by atoms with Gasteiger partial charge in [-0.25, -0.2) is 9.97 Å². The van der Waals surface area contributed by atoms with Gasteiger partial charge in [-0.3, -0.25) is 4.98 Å². The highest BCUT2D eigenvalue weighted by Crippen LogP contribution is 2.49. The molecule has 0 saturated heterocycles. The van der Waals surface area contributed by atoms with E-state index >= 15 is 0 Å². The van der Waals surface area contributed by atoms with E-state index in [2.05, 4.69) is 20.3 Å². The number of pyridine rings is 1. The van der Waals surface area contributed by atoms with Crippen LogP contribution in [0.15, 0.2) is 42.1 Å². The Labute approximate surface area is 206 Å². The molecule has 1 fully saturated rings. The number of fused-ring (bicyclic) bond motifs is 1. The summed E-state index contributed by atoms with van der Waals surface area (Å²) >= 11 is 0. The Balaban J connectivity index is 1.45. The van der Waals surface area contributed by atoms with E-state index in [0.29, 0.717) is 47.6 Å². The van der Waals surface area contributed by atoms with Gasteiger partial charge in [0.1, 0.15) is 17.7 Å². The second kappa shape index (κ2) is 9.24. The summed E-state index contributed by atoms with van der Waals surface area (Å²) in [5.41, 5.74) is 1.45. The largest absolute Gasteiger partial charge is 0.493 e. The molecule has 3 unspecified atom stereocenters. The molecule has 1 N–H and O–H groups in total. The first-order valence-corrected chi connectivity index (χ1v) is 11.7. The van der Waals surface area contributed by atoms with Crippen molar-refractivity contribution >= 4 is 16.7 Å². The van der Waals surface area contributed by atoms with E-state index in [1.165, 1.54) is 6.20 Å². The van der Waals surface area contributed by atoms with Gasteiger partial charge >= 0.3 is 6.18 Å². The van der Waals surface area contributed by atoms with E-state index in [4.69, 9.17) is 14.2 Å². The molecule has 3 heterocycles. The molecule has 0 radical (unpaired) electrons. The molecule has 0 bridgehead atoms. The predicted octanol–water partition coefficient (Wildman–Crippen LogP) is 5.30. The van der Waals surface area contributed by atoms with Crippen molar-refractivity contribution in [1.82, 2.24) is 15.0 Å². The van der Waals surface area contributed by atoms with Crippen LogP contribution >= 0.6 is 0 Å². The molecule has 1 aliphatic heterocycles. The van der Waals surface area contributed by atoms with Crippen molar-refractivity contribution in [2.75, 3.05) is 25.6 Å². The fraction of sp³-hybridized carbons (Fsp3) is 0.423. The van der Waals surface area contributed by atoms with E-state index in [1.54, 1.807) is 20.1 Å². The smallest absolute Gasteiger partial charge is 0.416 e. The lowest BCUT2D eigenvalue weighted by molar-refractivity contribution is -0.137. The van der Waals surface area contributed by atoms with Crippen molar-refractivity contribution in [3.8, 4) is 11.5 Å². The van der Waals surface area contributed by atoms with Gasteiger partial charge in [-0.05, 0) is 43.5 Å². The van der Waals surface area contributed by atoms with Gasteiger partial charge in [0, 0.05) is 35.3 Å². The van der Waals surface area contributed by atoms with Crippen LogP contribution in [0.2, 0.25) is 0 Å². The molecule has 1 aromatic carbocycles. The third kappa shape index (κ3) is 4.69. The summed E-state index contributed by atoms with van der Waals surface area (Å²) in [4.78, 5) is 13.4. The highest BCUT2D eigenvalue weighted by atomic mass is 19.4.